The number of carbonyl (C=O) groups excluding carboxylic acids is 1. The third kappa shape index (κ3) is 6.96. The fourth-order valence-corrected chi connectivity index (χ4v) is 4.11. The molecular weight excluding hydrogens is 441 g/mol. The van der Waals surface area contributed by atoms with Crippen LogP contribution in [-0.2, 0) is 12.4 Å². The van der Waals surface area contributed by atoms with Crippen molar-refractivity contribution in [3.8, 4) is 5.75 Å². The van der Waals surface area contributed by atoms with Crippen LogP contribution in [0.15, 0.2) is 36.4 Å². The lowest BCUT2D eigenvalue weighted by atomic mass is 10.0. The molecule has 0 N–H and O–H groups in total. The maximum atomic E-state index is 13.3. The van der Waals surface area contributed by atoms with Crippen LogP contribution in [0.4, 0.5) is 26.3 Å². The second kappa shape index (κ2) is 10.5. The molecule has 0 fully saturated rings. The first-order valence-electron chi connectivity index (χ1n) is 9.77. The van der Waals surface area contributed by atoms with E-state index in [2.05, 4.69) is 6.92 Å². The zero-order valence-electron chi connectivity index (χ0n) is 17.1. The van der Waals surface area contributed by atoms with Crippen molar-refractivity contribution >= 4 is 19.4 Å². The van der Waals surface area contributed by atoms with Crippen molar-refractivity contribution in [3.05, 3.63) is 58.7 Å². The van der Waals surface area contributed by atoms with E-state index in [1.54, 1.807) is 19.1 Å². The van der Waals surface area contributed by atoms with E-state index in [9.17, 15) is 31.1 Å². The SMILES string of the molecule is CCCCCCOc1ccc(PC(=O)c2c(C(F)(F)F)cccc2C(F)(F)F)c(C)c1. The van der Waals surface area contributed by atoms with Crippen LogP contribution >= 0.6 is 8.58 Å². The van der Waals surface area contributed by atoms with E-state index in [1.807, 2.05) is 0 Å². The molecule has 2 aromatic carbocycles. The quantitative estimate of drug-likeness (QED) is 0.224. The van der Waals surface area contributed by atoms with Crippen LogP contribution in [0.25, 0.3) is 0 Å². The first-order valence-corrected chi connectivity index (χ1v) is 10.8. The molecule has 0 radical (unpaired) electrons. The minimum Gasteiger partial charge on any atom is -0.494 e. The van der Waals surface area contributed by atoms with Crippen LogP contribution in [0.1, 0.15) is 59.7 Å². The molecule has 170 valence electrons. The summed E-state index contributed by atoms with van der Waals surface area (Å²) in [4.78, 5) is 12.6. The molecule has 0 aliphatic rings. The smallest absolute Gasteiger partial charge is 0.417 e. The zero-order valence-corrected chi connectivity index (χ0v) is 18.1. The second-order valence-electron chi connectivity index (χ2n) is 7.06. The van der Waals surface area contributed by atoms with E-state index in [1.165, 1.54) is 6.07 Å². The van der Waals surface area contributed by atoms with Crippen LogP contribution in [0, 0.1) is 6.92 Å². The van der Waals surface area contributed by atoms with Gasteiger partial charge in [-0.15, -0.1) is 0 Å². The molecule has 0 aromatic heterocycles. The molecule has 9 heteroatoms. The number of halogens is 6. The van der Waals surface area contributed by atoms with Gasteiger partial charge in [0.05, 0.1) is 17.7 Å². The van der Waals surface area contributed by atoms with Crippen molar-refractivity contribution < 1.29 is 35.9 Å². The summed E-state index contributed by atoms with van der Waals surface area (Å²) < 4.78 is 85.5. The molecule has 0 bridgehead atoms. The molecule has 0 aliphatic heterocycles. The van der Waals surface area contributed by atoms with Gasteiger partial charge in [-0.3, -0.25) is 4.79 Å². The Morgan fingerprint density at radius 3 is 2.06 bits per heavy atom. The Morgan fingerprint density at radius 1 is 0.935 bits per heavy atom. The predicted molar refractivity (Wildman–Crippen MR) is 110 cm³/mol. The highest BCUT2D eigenvalue weighted by molar-refractivity contribution is 7.66. The predicted octanol–water partition coefficient (Wildman–Crippen LogP) is 7.14. The summed E-state index contributed by atoms with van der Waals surface area (Å²) in [5, 5.41) is 0.369. The van der Waals surface area contributed by atoms with Crippen LogP contribution < -0.4 is 10.0 Å². The highest BCUT2D eigenvalue weighted by Gasteiger charge is 2.42. The van der Waals surface area contributed by atoms with Gasteiger partial charge in [-0.25, -0.2) is 0 Å². The van der Waals surface area contributed by atoms with Crippen LogP contribution in [0.3, 0.4) is 0 Å². The molecule has 1 unspecified atom stereocenters. The molecule has 31 heavy (non-hydrogen) atoms. The average molecular weight is 464 g/mol. The van der Waals surface area contributed by atoms with Crippen molar-refractivity contribution in [2.75, 3.05) is 6.61 Å². The Morgan fingerprint density at radius 2 is 1.55 bits per heavy atom. The van der Waals surface area contributed by atoms with E-state index in [4.69, 9.17) is 4.74 Å². The summed E-state index contributed by atoms with van der Waals surface area (Å²) in [6.07, 6.45) is -6.06. The van der Waals surface area contributed by atoms with Crippen LogP contribution in [0.5, 0.6) is 5.75 Å². The Bertz CT molecular complexity index is 874. The number of benzene rings is 2. The normalized spacial score (nSPS) is 12.5. The first kappa shape index (κ1) is 25.2. The summed E-state index contributed by atoms with van der Waals surface area (Å²) in [5.41, 5.74) is -5.14. The third-order valence-corrected chi connectivity index (χ3v) is 5.92. The minimum absolute atomic E-state index is 0.369. The van der Waals surface area contributed by atoms with Crippen LogP contribution in [-0.4, -0.2) is 12.1 Å². The topological polar surface area (TPSA) is 26.3 Å². The summed E-state index contributed by atoms with van der Waals surface area (Å²) in [5.74, 6) is 0.543. The largest absolute Gasteiger partial charge is 0.494 e. The van der Waals surface area contributed by atoms with Gasteiger partial charge in [0.25, 0.3) is 0 Å². The Hall–Kier alpha value is -2.08. The molecule has 0 heterocycles. The van der Waals surface area contributed by atoms with Gasteiger partial charge >= 0.3 is 12.4 Å². The minimum atomic E-state index is -5.08. The van der Waals surface area contributed by atoms with Crippen molar-refractivity contribution in [3.63, 3.8) is 0 Å². The Labute approximate surface area is 178 Å². The standard InChI is InChI=1S/C22H23F6O2P/c1-3-4-5-6-12-30-15-10-11-18(14(2)13-15)31-20(29)19-16(21(23,24)25)8-7-9-17(19)22(26,27)28/h7-11,13,31H,3-6,12H2,1-2H3. The highest BCUT2D eigenvalue weighted by atomic mass is 31.1. The summed E-state index contributed by atoms with van der Waals surface area (Å²) in [6, 6.07) is 6.36. The molecule has 2 aromatic rings. The van der Waals surface area contributed by atoms with Gasteiger partial charge in [0.2, 0.25) is 0 Å². The lowest BCUT2D eigenvalue weighted by Gasteiger charge is -2.18. The van der Waals surface area contributed by atoms with Gasteiger partial charge < -0.3 is 4.74 Å². The number of ether oxygens (including phenoxy) is 1. The van der Waals surface area contributed by atoms with E-state index < -0.39 is 43.1 Å². The maximum absolute atomic E-state index is 13.3. The fraction of sp³-hybridized carbons (Fsp3) is 0.409. The molecule has 0 spiro atoms. The number of hydrogen-bond acceptors (Lipinski definition) is 2. The van der Waals surface area contributed by atoms with Gasteiger partial charge in [0.15, 0.2) is 5.52 Å². The monoisotopic (exact) mass is 464 g/mol. The average Bonchev–Trinajstić information content (AvgIpc) is 2.67. The van der Waals surface area contributed by atoms with E-state index in [-0.39, 0.29) is 0 Å². The zero-order chi connectivity index (χ0) is 23.2. The number of carbonyl (C=O) groups is 1. The van der Waals surface area contributed by atoms with Crippen molar-refractivity contribution in [1.29, 1.82) is 0 Å². The van der Waals surface area contributed by atoms with Gasteiger partial charge in [-0.05, 0) is 57.1 Å². The molecule has 0 amide bonds. The van der Waals surface area contributed by atoms with Gasteiger partial charge in [0.1, 0.15) is 5.75 Å². The molecule has 0 saturated heterocycles. The Kier molecular flexibility index (Phi) is 8.52. The molecule has 0 aliphatic carbocycles. The van der Waals surface area contributed by atoms with Crippen molar-refractivity contribution in [1.82, 2.24) is 0 Å². The third-order valence-electron chi connectivity index (χ3n) is 4.62. The summed E-state index contributed by atoms with van der Waals surface area (Å²) in [6.45, 7) is 4.24. The van der Waals surface area contributed by atoms with Crippen molar-refractivity contribution in [2.45, 2.75) is 51.9 Å². The second-order valence-corrected chi connectivity index (χ2v) is 8.31. The highest BCUT2D eigenvalue weighted by Crippen LogP contribution is 2.41. The summed E-state index contributed by atoms with van der Waals surface area (Å²) in [7, 11) is -0.890. The first-order chi connectivity index (χ1) is 14.4. The maximum Gasteiger partial charge on any atom is 0.417 e. The van der Waals surface area contributed by atoms with Gasteiger partial charge in [-0.2, -0.15) is 26.3 Å². The number of rotatable bonds is 9. The molecule has 0 saturated carbocycles. The van der Waals surface area contributed by atoms with Crippen LogP contribution in [0.2, 0.25) is 0 Å². The molecule has 2 nitrogen and oxygen atoms in total. The molecule has 2 rings (SSSR count). The number of unbranched alkanes of at least 4 members (excludes halogenated alkanes) is 3. The van der Waals surface area contributed by atoms with Gasteiger partial charge in [0, 0.05) is 5.56 Å². The molecular formula is C22H23F6O2P. The molecule has 1 atom stereocenters. The van der Waals surface area contributed by atoms with E-state index in [0.29, 0.717) is 41.4 Å². The lowest BCUT2D eigenvalue weighted by molar-refractivity contribution is -0.143. The van der Waals surface area contributed by atoms with Crippen molar-refractivity contribution in [2.24, 2.45) is 0 Å². The number of alkyl halides is 6. The van der Waals surface area contributed by atoms with Gasteiger partial charge in [-0.1, -0.05) is 38.3 Å². The number of hydrogen-bond donors (Lipinski definition) is 0. The number of aryl methyl sites for hydroxylation is 1. The Balaban J connectivity index is 2.25. The fourth-order valence-electron chi connectivity index (χ4n) is 3.04. The lowest BCUT2D eigenvalue weighted by Crippen LogP contribution is -2.19. The van der Waals surface area contributed by atoms with E-state index in [0.717, 1.165) is 25.7 Å². The van der Waals surface area contributed by atoms with E-state index >= 15 is 0 Å². The summed E-state index contributed by atoms with van der Waals surface area (Å²) >= 11 is 0.